The van der Waals surface area contributed by atoms with Gasteiger partial charge in [-0.3, -0.25) is 0 Å². The Morgan fingerprint density at radius 2 is 2.00 bits per heavy atom. The molecule has 1 aliphatic rings. The molecule has 2 unspecified atom stereocenters. The van der Waals surface area contributed by atoms with Crippen molar-refractivity contribution in [2.45, 2.75) is 66.3 Å². The fourth-order valence-corrected chi connectivity index (χ4v) is 3.05. The summed E-state index contributed by atoms with van der Waals surface area (Å²) in [6.07, 6.45) is 5.23. The van der Waals surface area contributed by atoms with Crippen molar-refractivity contribution in [1.82, 2.24) is 5.32 Å². The van der Waals surface area contributed by atoms with E-state index in [1.54, 1.807) is 0 Å². The smallest absolute Gasteiger partial charge is 0.00724 e. The van der Waals surface area contributed by atoms with Crippen molar-refractivity contribution in [3.05, 3.63) is 0 Å². The van der Waals surface area contributed by atoms with E-state index in [2.05, 4.69) is 39.9 Å². The molecule has 0 aliphatic heterocycles. The maximum atomic E-state index is 5.88. The standard InChI is InChI=1S/C15H32N2/c1-14(2,3)8-12(10-16)11-17-13-6-7-15(4,5)9-13/h12-13,17H,6-11,16H2,1-5H3. The second-order valence-electron chi connectivity index (χ2n) is 7.88. The molecular formula is C15H32N2. The molecular weight excluding hydrogens is 208 g/mol. The van der Waals surface area contributed by atoms with Gasteiger partial charge in [-0.1, -0.05) is 34.6 Å². The maximum absolute atomic E-state index is 5.88. The first-order valence-corrected chi connectivity index (χ1v) is 7.15. The Hall–Kier alpha value is -0.0800. The molecule has 1 fully saturated rings. The minimum Gasteiger partial charge on any atom is -0.330 e. The van der Waals surface area contributed by atoms with Crippen LogP contribution in [-0.2, 0) is 0 Å². The Kier molecular flexibility index (Phi) is 5.03. The lowest BCUT2D eigenvalue weighted by atomic mass is 9.84. The largest absolute Gasteiger partial charge is 0.330 e. The summed E-state index contributed by atoms with van der Waals surface area (Å²) in [5, 5.41) is 3.73. The summed E-state index contributed by atoms with van der Waals surface area (Å²) in [5.74, 6) is 0.624. The van der Waals surface area contributed by atoms with Gasteiger partial charge < -0.3 is 11.1 Å². The van der Waals surface area contributed by atoms with Gasteiger partial charge in [0.2, 0.25) is 0 Å². The fraction of sp³-hybridized carbons (Fsp3) is 1.00. The Balaban J connectivity index is 2.29. The molecule has 0 spiro atoms. The average molecular weight is 240 g/mol. The molecule has 0 aromatic rings. The summed E-state index contributed by atoms with van der Waals surface area (Å²) in [5.41, 5.74) is 6.81. The van der Waals surface area contributed by atoms with E-state index in [1.807, 2.05) is 0 Å². The van der Waals surface area contributed by atoms with Gasteiger partial charge in [0.05, 0.1) is 0 Å². The SMILES string of the molecule is CC(C)(C)CC(CN)CNC1CCC(C)(C)C1. The van der Waals surface area contributed by atoms with Crippen molar-refractivity contribution >= 4 is 0 Å². The van der Waals surface area contributed by atoms with Gasteiger partial charge in [0.1, 0.15) is 0 Å². The van der Waals surface area contributed by atoms with Crippen LogP contribution in [0.25, 0.3) is 0 Å². The van der Waals surface area contributed by atoms with Gasteiger partial charge in [-0.2, -0.15) is 0 Å². The monoisotopic (exact) mass is 240 g/mol. The van der Waals surface area contributed by atoms with Gasteiger partial charge in [-0.05, 0) is 55.5 Å². The van der Waals surface area contributed by atoms with Crippen molar-refractivity contribution in [3.8, 4) is 0 Å². The van der Waals surface area contributed by atoms with Crippen LogP contribution in [0.1, 0.15) is 60.3 Å². The number of nitrogens with two attached hydrogens (primary N) is 1. The minimum atomic E-state index is 0.390. The van der Waals surface area contributed by atoms with Crippen LogP contribution in [0, 0.1) is 16.7 Å². The van der Waals surface area contributed by atoms with Gasteiger partial charge in [0.15, 0.2) is 0 Å². The summed E-state index contributed by atoms with van der Waals surface area (Å²) in [6, 6.07) is 0.721. The molecule has 1 rings (SSSR count). The zero-order valence-corrected chi connectivity index (χ0v) is 12.5. The second kappa shape index (κ2) is 5.71. The third-order valence-corrected chi connectivity index (χ3v) is 3.90. The Morgan fingerprint density at radius 3 is 2.41 bits per heavy atom. The molecule has 0 amide bonds. The van der Waals surface area contributed by atoms with Gasteiger partial charge >= 0.3 is 0 Å². The molecule has 0 aromatic carbocycles. The van der Waals surface area contributed by atoms with Gasteiger partial charge in [0, 0.05) is 6.04 Å². The van der Waals surface area contributed by atoms with Crippen molar-refractivity contribution in [2.75, 3.05) is 13.1 Å². The molecule has 102 valence electrons. The van der Waals surface area contributed by atoms with E-state index < -0.39 is 0 Å². The summed E-state index contributed by atoms with van der Waals surface area (Å²) in [6.45, 7) is 13.6. The van der Waals surface area contributed by atoms with E-state index in [-0.39, 0.29) is 0 Å². The average Bonchev–Trinajstić information content (AvgIpc) is 2.51. The van der Waals surface area contributed by atoms with Crippen LogP contribution in [0.2, 0.25) is 0 Å². The zero-order chi connectivity index (χ0) is 13.1. The number of nitrogens with one attached hydrogen (secondary N) is 1. The minimum absolute atomic E-state index is 0.390. The quantitative estimate of drug-likeness (QED) is 0.774. The third-order valence-electron chi connectivity index (χ3n) is 3.90. The first-order valence-electron chi connectivity index (χ1n) is 7.15. The van der Waals surface area contributed by atoms with Crippen LogP contribution < -0.4 is 11.1 Å². The molecule has 3 N–H and O–H groups in total. The summed E-state index contributed by atoms with van der Waals surface area (Å²) >= 11 is 0. The molecule has 2 atom stereocenters. The van der Waals surface area contributed by atoms with Crippen molar-refractivity contribution in [1.29, 1.82) is 0 Å². The lowest BCUT2D eigenvalue weighted by molar-refractivity contribution is 0.279. The van der Waals surface area contributed by atoms with Crippen LogP contribution in [0.5, 0.6) is 0 Å². The van der Waals surface area contributed by atoms with E-state index in [4.69, 9.17) is 5.73 Å². The highest BCUT2D eigenvalue weighted by Crippen LogP contribution is 2.37. The van der Waals surface area contributed by atoms with E-state index in [1.165, 1.54) is 25.7 Å². The Morgan fingerprint density at radius 1 is 1.35 bits per heavy atom. The van der Waals surface area contributed by atoms with Gasteiger partial charge in [-0.15, -0.1) is 0 Å². The Bertz CT molecular complexity index is 228. The predicted molar refractivity (Wildman–Crippen MR) is 76.0 cm³/mol. The van der Waals surface area contributed by atoms with Crippen LogP contribution in [0.15, 0.2) is 0 Å². The molecule has 2 heteroatoms. The van der Waals surface area contributed by atoms with Crippen LogP contribution in [-0.4, -0.2) is 19.1 Å². The fourth-order valence-electron chi connectivity index (χ4n) is 3.05. The highest BCUT2D eigenvalue weighted by atomic mass is 14.9. The van der Waals surface area contributed by atoms with E-state index in [0.717, 1.165) is 19.1 Å². The third kappa shape index (κ3) is 5.87. The number of hydrogen-bond acceptors (Lipinski definition) is 2. The first kappa shape index (κ1) is 15.0. The highest BCUT2D eigenvalue weighted by Gasteiger charge is 2.30. The molecule has 0 radical (unpaired) electrons. The molecule has 1 aliphatic carbocycles. The van der Waals surface area contributed by atoms with E-state index in [9.17, 15) is 0 Å². The van der Waals surface area contributed by atoms with Crippen molar-refractivity contribution in [3.63, 3.8) is 0 Å². The lowest BCUT2D eigenvalue weighted by Gasteiger charge is -2.27. The first-order chi connectivity index (χ1) is 7.72. The maximum Gasteiger partial charge on any atom is 0.00724 e. The normalized spacial score (nSPS) is 26.1. The lowest BCUT2D eigenvalue weighted by Crippen LogP contribution is -2.36. The molecule has 2 nitrogen and oxygen atoms in total. The van der Waals surface area contributed by atoms with Crippen molar-refractivity contribution < 1.29 is 0 Å². The Labute approximate surface area is 108 Å². The second-order valence-corrected chi connectivity index (χ2v) is 7.88. The van der Waals surface area contributed by atoms with E-state index in [0.29, 0.717) is 16.7 Å². The van der Waals surface area contributed by atoms with E-state index >= 15 is 0 Å². The zero-order valence-electron chi connectivity index (χ0n) is 12.5. The molecule has 0 bridgehead atoms. The predicted octanol–water partition coefficient (Wildman–Crippen LogP) is 3.17. The molecule has 0 aromatic heterocycles. The van der Waals surface area contributed by atoms with Gasteiger partial charge in [0.25, 0.3) is 0 Å². The number of rotatable bonds is 5. The van der Waals surface area contributed by atoms with Crippen LogP contribution in [0.4, 0.5) is 0 Å². The highest BCUT2D eigenvalue weighted by molar-refractivity contribution is 4.87. The topological polar surface area (TPSA) is 38.0 Å². The van der Waals surface area contributed by atoms with Crippen LogP contribution in [0.3, 0.4) is 0 Å². The molecule has 0 saturated heterocycles. The summed E-state index contributed by atoms with van der Waals surface area (Å²) < 4.78 is 0. The van der Waals surface area contributed by atoms with Crippen LogP contribution >= 0.6 is 0 Å². The van der Waals surface area contributed by atoms with Gasteiger partial charge in [-0.25, -0.2) is 0 Å². The van der Waals surface area contributed by atoms with Crippen molar-refractivity contribution in [2.24, 2.45) is 22.5 Å². The molecule has 0 heterocycles. The number of hydrogen-bond donors (Lipinski definition) is 2. The molecule has 17 heavy (non-hydrogen) atoms. The summed E-state index contributed by atoms with van der Waals surface area (Å²) in [7, 11) is 0. The molecule has 1 saturated carbocycles. The summed E-state index contributed by atoms with van der Waals surface area (Å²) in [4.78, 5) is 0.